The quantitative estimate of drug-likeness (QED) is 0.300. The zero-order valence-electron chi connectivity index (χ0n) is 19.6. The van der Waals surface area contributed by atoms with Crippen molar-refractivity contribution in [3.05, 3.63) is 58.7 Å². The molecule has 12 heteroatoms. The van der Waals surface area contributed by atoms with Gasteiger partial charge < -0.3 is 20.1 Å². The number of nitrogens with zero attached hydrogens (tertiary/aromatic N) is 2. The molecule has 0 bridgehead atoms. The number of anilines is 4. The highest BCUT2D eigenvalue weighted by Crippen LogP contribution is 2.35. The summed E-state index contributed by atoms with van der Waals surface area (Å²) in [5.74, 6) is 2.02. The van der Waals surface area contributed by atoms with E-state index >= 15 is 0 Å². The van der Waals surface area contributed by atoms with Crippen molar-refractivity contribution in [1.29, 1.82) is 0 Å². The van der Waals surface area contributed by atoms with E-state index in [0.29, 0.717) is 28.3 Å². The number of halogens is 1. The summed E-state index contributed by atoms with van der Waals surface area (Å²) in [6.45, 7) is 2.11. The second-order valence-electron chi connectivity index (χ2n) is 8.08. The highest BCUT2D eigenvalue weighted by molar-refractivity contribution is 7.87. The second kappa shape index (κ2) is 10.6. The van der Waals surface area contributed by atoms with Crippen molar-refractivity contribution in [2.75, 3.05) is 24.9 Å². The molecule has 1 aromatic heterocycles. The van der Waals surface area contributed by atoms with E-state index in [0.717, 1.165) is 35.3 Å². The van der Waals surface area contributed by atoms with Gasteiger partial charge in [0, 0.05) is 30.0 Å². The molecule has 4 N–H and O–H groups in total. The van der Waals surface area contributed by atoms with Crippen molar-refractivity contribution in [1.82, 2.24) is 19.4 Å². The minimum Gasteiger partial charge on any atom is -0.493 e. The highest BCUT2D eigenvalue weighted by atomic mass is 35.5. The molecule has 0 unspecified atom stereocenters. The number of ether oxygens (including phenoxy) is 2. The Morgan fingerprint density at radius 2 is 1.80 bits per heavy atom. The fraction of sp³-hybridized carbons (Fsp3) is 0.304. The lowest BCUT2D eigenvalue weighted by molar-refractivity contribution is 0.353. The number of aromatic nitrogens is 2. The van der Waals surface area contributed by atoms with E-state index in [9.17, 15) is 8.42 Å². The van der Waals surface area contributed by atoms with Crippen molar-refractivity contribution in [2.45, 2.75) is 32.4 Å². The first-order chi connectivity index (χ1) is 16.8. The van der Waals surface area contributed by atoms with Crippen LogP contribution >= 0.6 is 11.6 Å². The monoisotopic (exact) mass is 518 g/mol. The van der Waals surface area contributed by atoms with E-state index in [4.69, 9.17) is 21.1 Å². The van der Waals surface area contributed by atoms with Crippen LogP contribution in [0.3, 0.4) is 0 Å². The number of methoxy groups -OCH3 is 2. The average Bonchev–Trinajstić information content (AvgIpc) is 3.63. The summed E-state index contributed by atoms with van der Waals surface area (Å²) in [7, 11) is -0.325. The van der Waals surface area contributed by atoms with E-state index in [2.05, 4.69) is 30.0 Å². The Kier molecular flexibility index (Phi) is 7.60. The average molecular weight is 519 g/mol. The molecule has 0 saturated heterocycles. The van der Waals surface area contributed by atoms with E-state index < -0.39 is 10.2 Å². The zero-order valence-corrected chi connectivity index (χ0v) is 21.1. The maximum absolute atomic E-state index is 12.0. The minimum atomic E-state index is -3.49. The van der Waals surface area contributed by atoms with Gasteiger partial charge in [0.25, 0.3) is 10.2 Å². The summed E-state index contributed by atoms with van der Waals surface area (Å²) in [6.07, 6.45) is 3.28. The molecule has 1 aliphatic carbocycles. The molecule has 0 spiro atoms. The van der Waals surface area contributed by atoms with Gasteiger partial charge >= 0.3 is 0 Å². The Hall–Kier alpha value is -3.12. The van der Waals surface area contributed by atoms with Gasteiger partial charge in [-0.15, -0.1) is 0 Å². The summed E-state index contributed by atoms with van der Waals surface area (Å²) >= 11 is 6.30. The number of aryl methyl sites for hydroxylation is 1. The van der Waals surface area contributed by atoms with Crippen molar-refractivity contribution in [2.24, 2.45) is 0 Å². The molecule has 0 aliphatic heterocycles. The first-order valence-electron chi connectivity index (χ1n) is 10.9. The van der Waals surface area contributed by atoms with Crippen LogP contribution in [-0.2, 0) is 16.8 Å². The predicted molar refractivity (Wildman–Crippen MR) is 136 cm³/mol. The largest absolute Gasteiger partial charge is 0.493 e. The third-order valence-electron chi connectivity index (χ3n) is 5.25. The molecular formula is C23H27ClN6O4S. The van der Waals surface area contributed by atoms with Gasteiger partial charge in [0.15, 0.2) is 17.3 Å². The van der Waals surface area contributed by atoms with Gasteiger partial charge in [-0.25, -0.2) is 4.98 Å². The van der Waals surface area contributed by atoms with Crippen LogP contribution in [0.15, 0.2) is 42.6 Å². The first kappa shape index (κ1) is 25.0. The van der Waals surface area contributed by atoms with Crippen LogP contribution in [-0.4, -0.2) is 38.6 Å². The molecule has 2 aromatic carbocycles. The fourth-order valence-electron chi connectivity index (χ4n) is 3.35. The van der Waals surface area contributed by atoms with Crippen LogP contribution in [0, 0.1) is 6.92 Å². The highest BCUT2D eigenvalue weighted by Gasteiger charge is 2.26. The molecule has 0 atom stereocenters. The summed E-state index contributed by atoms with van der Waals surface area (Å²) in [4.78, 5) is 8.73. The number of benzene rings is 2. The van der Waals surface area contributed by atoms with Crippen LogP contribution in [0.2, 0.25) is 5.02 Å². The van der Waals surface area contributed by atoms with Gasteiger partial charge in [-0.1, -0.05) is 23.7 Å². The van der Waals surface area contributed by atoms with Gasteiger partial charge in [-0.3, -0.25) is 0 Å². The smallest absolute Gasteiger partial charge is 0.277 e. The molecule has 0 amide bonds. The molecule has 1 saturated carbocycles. The Labute approximate surface area is 209 Å². The fourth-order valence-corrected chi connectivity index (χ4v) is 4.61. The lowest BCUT2D eigenvalue weighted by Gasteiger charge is -2.14. The minimum absolute atomic E-state index is 0.0619. The van der Waals surface area contributed by atoms with Gasteiger partial charge in [-0.2, -0.15) is 22.8 Å². The Balaban J connectivity index is 1.42. The Morgan fingerprint density at radius 1 is 1.06 bits per heavy atom. The van der Waals surface area contributed by atoms with E-state index in [1.165, 1.54) is 6.20 Å². The summed E-state index contributed by atoms with van der Waals surface area (Å²) < 4.78 is 39.9. The van der Waals surface area contributed by atoms with Crippen LogP contribution in [0.1, 0.15) is 24.0 Å². The van der Waals surface area contributed by atoms with Crippen molar-refractivity contribution < 1.29 is 17.9 Å². The second-order valence-corrected chi connectivity index (χ2v) is 10.0. The van der Waals surface area contributed by atoms with Gasteiger partial charge in [0.1, 0.15) is 5.02 Å². The maximum atomic E-state index is 12.0. The van der Waals surface area contributed by atoms with Gasteiger partial charge in [-0.05, 0) is 49.1 Å². The standard InChI is InChI=1S/C23H27ClN6O4S/c1-14-10-18(11-20(33-2)21(14)34-3)28-23-25-13-19(24)22(29-23)27-16-6-4-15(5-7-16)12-26-35(31,32)30-17-8-9-17/h4-7,10-11,13,17,26,30H,8-9,12H2,1-3H3,(H2,25,27,28,29). The van der Waals surface area contributed by atoms with Crippen molar-refractivity contribution in [3.63, 3.8) is 0 Å². The van der Waals surface area contributed by atoms with Crippen molar-refractivity contribution >= 4 is 45.0 Å². The van der Waals surface area contributed by atoms with Crippen LogP contribution in [0.4, 0.5) is 23.1 Å². The lowest BCUT2D eigenvalue weighted by Crippen LogP contribution is -2.37. The SMILES string of the molecule is COc1cc(Nc2ncc(Cl)c(Nc3ccc(CNS(=O)(=O)NC4CC4)cc3)n2)cc(C)c1OC. The molecule has 4 rings (SSSR count). The Bertz CT molecular complexity index is 1300. The van der Waals surface area contributed by atoms with Crippen LogP contribution in [0.5, 0.6) is 11.5 Å². The topological polar surface area (TPSA) is 126 Å². The summed E-state index contributed by atoms with van der Waals surface area (Å²) in [5, 5.41) is 6.67. The molecular weight excluding hydrogens is 492 g/mol. The van der Waals surface area contributed by atoms with E-state index in [1.807, 2.05) is 37.3 Å². The molecule has 1 heterocycles. The number of hydrogen-bond donors (Lipinski definition) is 4. The number of nitrogens with one attached hydrogen (secondary N) is 4. The lowest BCUT2D eigenvalue weighted by atomic mass is 10.2. The third kappa shape index (κ3) is 6.73. The van der Waals surface area contributed by atoms with Crippen molar-refractivity contribution in [3.8, 4) is 11.5 Å². The van der Waals surface area contributed by atoms with Crippen LogP contribution < -0.4 is 29.6 Å². The van der Waals surface area contributed by atoms with E-state index in [1.54, 1.807) is 20.3 Å². The maximum Gasteiger partial charge on any atom is 0.277 e. The van der Waals surface area contributed by atoms with Crippen LogP contribution in [0.25, 0.3) is 0 Å². The summed E-state index contributed by atoms with van der Waals surface area (Å²) in [6, 6.07) is 11.0. The molecule has 10 nitrogen and oxygen atoms in total. The summed E-state index contributed by atoms with van der Waals surface area (Å²) in [5.41, 5.74) is 3.18. The van der Waals surface area contributed by atoms with Gasteiger partial charge in [0.2, 0.25) is 5.95 Å². The predicted octanol–water partition coefficient (Wildman–Crippen LogP) is 4.03. The van der Waals surface area contributed by atoms with Gasteiger partial charge in [0.05, 0.1) is 20.4 Å². The van der Waals surface area contributed by atoms with E-state index in [-0.39, 0.29) is 12.6 Å². The Morgan fingerprint density at radius 3 is 2.46 bits per heavy atom. The first-order valence-corrected chi connectivity index (χ1v) is 12.8. The number of hydrogen-bond acceptors (Lipinski definition) is 8. The zero-order chi connectivity index (χ0) is 25.0. The number of rotatable bonds is 11. The third-order valence-corrected chi connectivity index (χ3v) is 6.69. The molecule has 1 fully saturated rings. The molecule has 0 radical (unpaired) electrons. The molecule has 186 valence electrons. The normalized spacial score (nSPS) is 13.4. The molecule has 3 aromatic rings. The molecule has 1 aliphatic rings. The molecule has 35 heavy (non-hydrogen) atoms.